The lowest BCUT2D eigenvalue weighted by Crippen LogP contribution is -2.27. The molecule has 55 heavy (non-hydrogen) atoms. The number of allylic oxidation sites excluding steroid dienone is 8. The standard InChI is InChI=1S/C45H82NO8P/c1-3-5-7-9-11-13-15-17-19-20-21-22-24-26-28-30-32-34-36-38-45(49)52-41-43(47)42-54-55(50,51)53-40-39-46-44(48)37-35-33-31-29-27-25-23-18-16-14-12-10-8-6-4-2/h6,8,12,14,18,23,27,29,43,47H,3-5,7,9-11,13,15-17,19-22,24-26,28,30-42H2,1-2H3,(H,46,48)(H,50,51)/b8-6-,14-12-,23-18-,29-27-. The predicted molar refractivity (Wildman–Crippen MR) is 229 cm³/mol. The third kappa shape index (κ3) is 42.9. The van der Waals surface area contributed by atoms with Gasteiger partial charge < -0.3 is 20.1 Å². The zero-order chi connectivity index (χ0) is 40.3. The second kappa shape index (κ2) is 41.6. The van der Waals surface area contributed by atoms with E-state index in [1.54, 1.807) is 0 Å². The highest BCUT2D eigenvalue weighted by Gasteiger charge is 2.23. The second-order valence-corrected chi connectivity index (χ2v) is 16.1. The normalized spacial score (nSPS) is 13.7. The van der Waals surface area contributed by atoms with Crippen LogP contribution >= 0.6 is 7.82 Å². The molecule has 0 heterocycles. The number of phosphoric ester groups is 1. The van der Waals surface area contributed by atoms with E-state index in [-0.39, 0.29) is 32.1 Å². The summed E-state index contributed by atoms with van der Waals surface area (Å²) in [5.41, 5.74) is 0. The lowest BCUT2D eigenvalue weighted by molar-refractivity contribution is -0.147. The predicted octanol–water partition coefficient (Wildman–Crippen LogP) is 12.3. The summed E-state index contributed by atoms with van der Waals surface area (Å²) in [5, 5.41) is 12.7. The van der Waals surface area contributed by atoms with Crippen LogP contribution in [0.1, 0.15) is 194 Å². The molecule has 2 atom stereocenters. The van der Waals surface area contributed by atoms with Crippen LogP contribution in [0, 0.1) is 0 Å². The maximum Gasteiger partial charge on any atom is 0.472 e. The molecule has 1 amide bonds. The number of hydrogen-bond donors (Lipinski definition) is 3. The van der Waals surface area contributed by atoms with Crippen molar-refractivity contribution in [1.82, 2.24) is 5.32 Å². The number of carbonyl (C=O) groups excluding carboxylic acids is 2. The third-order valence-corrected chi connectivity index (χ3v) is 10.3. The van der Waals surface area contributed by atoms with Crippen molar-refractivity contribution >= 4 is 19.7 Å². The van der Waals surface area contributed by atoms with Crippen molar-refractivity contribution < 1.29 is 37.9 Å². The van der Waals surface area contributed by atoms with Gasteiger partial charge in [0.25, 0.3) is 0 Å². The summed E-state index contributed by atoms with van der Waals surface area (Å²) < 4.78 is 26.9. The van der Waals surface area contributed by atoms with Gasteiger partial charge in [0.2, 0.25) is 5.91 Å². The van der Waals surface area contributed by atoms with Gasteiger partial charge in [0.05, 0.1) is 13.2 Å². The van der Waals surface area contributed by atoms with Gasteiger partial charge in [-0.3, -0.25) is 18.6 Å². The number of aliphatic hydroxyl groups is 1. The Hall–Kier alpha value is -2.03. The summed E-state index contributed by atoms with van der Waals surface area (Å²) in [5.74, 6) is -0.556. The van der Waals surface area contributed by atoms with E-state index in [2.05, 4.69) is 67.8 Å². The van der Waals surface area contributed by atoms with Gasteiger partial charge >= 0.3 is 13.8 Å². The molecule has 0 spiro atoms. The molecule has 0 rings (SSSR count). The van der Waals surface area contributed by atoms with Crippen LogP contribution in [0.15, 0.2) is 48.6 Å². The zero-order valence-electron chi connectivity index (χ0n) is 35.1. The number of phosphoric acid groups is 1. The van der Waals surface area contributed by atoms with Gasteiger partial charge in [0.1, 0.15) is 12.7 Å². The number of esters is 1. The minimum atomic E-state index is -4.43. The number of carbonyl (C=O) groups is 2. The lowest BCUT2D eigenvalue weighted by atomic mass is 10.0. The Morgan fingerprint density at radius 3 is 1.55 bits per heavy atom. The van der Waals surface area contributed by atoms with Crippen LogP contribution in [0.3, 0.4) is 0 Å². The SMILES string of the molecule is CC/C=C\C/C=C\C/C=C\C/C=C\CCCCC(=O)NCCOP(=O)(O)OCC(O)COC(=O)CCCCCCCCCCCCCCCCCCCCC. The Balaban J connectivity index is 3.62. The Morgan fingerprint density at radius 2 is 1.04 bits per heavy atom. The minimum Gasteiger partial charge on any atom is -0.463 e. The van der Waals surface area contributed by atoms with E-state index in [0.717, 1.165) is 64.2 Å². The monoisotopic (exact) mass is 796 g/mol. The van der Waals surface area contributed by atoms with Gasteiger partial charge in [-0.25, -0.2) is 4.57 Å². The molecule has 10 heteroatoms. The second-order valence-electron chi connectivity index (χ2n) is 14.6. The highest BCUT2D eigenvalue weighted by Crippen LogP contribution is 2.42. The average molecular weight is 796 g/mol. The van der Waals surface area contributed by atoms with Crippen molar-refractivity contribution in [3.8, 4) is 0 Å². The molecule has 0 bridgehead atoms. The molecule has 9 nitrogen and oxygen atoms in total. The van der Waals surface area contributed by atoms with E-state index in [4.69, 9.17) is 13.8 Å². The van der Waals surface area contributed by atoms with E-state index in [9.17, 15) is 24.2 Å². The molecule has 0 radical (unpaired) electrons. The average Bonchev–Trinajstić information content (AvgIpc) is 3.17. The summed E-state index contributed by atoms with van der Waals surface area (Å²) in [7, 11) is -4.43. The van der Waals surface area contributed by atoms with Crippen LogP contribution < -0.4 is 5.32 Å². The molecule has 0 saturated heterocycles. The first-order valence-electron chi connectivity index (χ1n) is 22.1. The van der Waals surface area contributed by atoms with Crippen molar-refractivity contribution in [2.75, 3.05) is 26.4 Å². The molecule has 0 aliphatic carbocycles. The summed E-state index contributed by atoms with van der Waals surface area (Å²) in [4.78, 5) is 33.9. The van der Waals surface area contributed by atoms with Crippen molar-refractivity contribution in [1.29, 1.82) is 0 Å². The van der Waals surface area contributed by atoms with E-state index in [0.29, 0.717) is 6.42 Å². The zero-order valence-corrected chi connectivity index (χ0v) is 36.0. The number of ether oxygens (including phenoxy) is 1. The smallest absolute Gasteiger partial charge is 0.463 e. The van der Waals surface area contributed by atoms with Crippen molar-refractivity contribution in [2.45, 2.75) is 200 Å². The van der Waals surface area contributed by atoms with Crippen molar-refractivity contribution in [2.24, 2.45) is 0 Å². The molecule has 0 aliphatic rings. The molecule has 0 aromatic rings. The van der Waals surface area contributed by atoms with Crippen LogP contribution in [-0.4, -0.2) is 54.3 Å². The highest BCUT2D eigenvalue weighted by atomic mass is 31.2. The molecule has 320 valence electrons. The molecule has 0 saturated carbocycles. The number of rotatable bonds is 41. The van der Waals surface area contributed by atoms with Gasteiger partial charge in [0.15, 0.2) is 0 Å². The Bertz CT molecular complexity index is 1040. The van der Waals surface area contributed by atoms with E-state index >= 15 is 0 Å². The minimum absolute atomic E-state index is 0.0588. The first kappa shape index (κ1) is 53.0. The van der Waals surface area contributed by atoms with Crippen molar-refractivity contribution in [3.63, 3.8) is 0 Å². The molecule has 0 aromatic carbocycles. The largest absolute Gasteiger partial charge is 0.472 e. The maximum absolute atomic E-state index is 12.1. The highest BCUT2D eigenvalue weighted by molar-refractivity contribution is 7.47. The van der Waals surface area contributed by atoms with Crippen LogP contribution in [0.2, 0.25) is 0 Å². The number of hydrogen-bond acceptors (Lipinski definition) is 7. The summed E-state index contributed by atoms with van der Waals surface area (Å²) in [6.45, 7) is 3.40. The lowest BCUT2D eigenvalue weighted by Gasteiger charge is -2.15. The van der Waals surface area contributed by atoms with Crippen molar-refractivity contribution in [3.05, 3.63) is 48.6 Å². The quantitative estimate of drug-likeness (QED) is 0.0241. The van der Waals surface area contributed by atoms with Crippen LogP contribution in [-0.2, 0) is 27.9 Å². The van der Waals surface area contributed by atoms with E-state index in [1.165, 1.54) is 103 Å². The van der Waals surface area contributed by atoms with Crippen LogP contribution in [0.25, 0.3) is 0 Å². The Kier molecular flexibility index (Phi) is 40.1. The van der Waals surface area contributed by atoms with Gasteiger partial charge in [-0.2, -0.15) is 0 Å². The maximum atomic E-state index is 12.1. The number of unbranched alkanes of at least 4 members (excludes halogenated alkanes) is 20. The van der Waals surface area contributed by atoms with Gasteiger partial charge in [-0.1, -0.05) is 178 Å². The van der Waals surface area contributed by atoms with Gasteiger partial charge in [-0.15, -0.1) is 0 Å². The molecular weight excluding hydrogens is 713 g/mol. The molecule has 0 aromatic heterocycles. The number of nitrogens with one attached hydrogen (secondary N) is 1. The molecule has 2 unspecified atom stereocenters. The first-order valence-corrected chi connectivity index (χ1v) is 23.6. The van der Waals surface area contributed by atoms with Gasteiger partial charge in [0, 0.05) is 19.4 Å². The first-order chi connectivity index (χ1) is 26.8. The summed E-state index contributed by atoms with van der Waals surface area (Å²) in [6.07, 6.45) is 47.6. The number of amides is 1. The molecule has 0 aliphatic heterocycles. The molecule has 3 N–H and O–H groups in total. The van der Waals surface area contributed by atoms with E-state index in [1.807, 2.05) is 0 Å². The van der Waals surface area contributed by atoms with Crippen LogP contribution in [0.4, 0.5) is 0 Å². The third-order valence-electron chi connectivity index (χ3n) is 9.27. The molecule has 0 fully saturated rings. The fourth-order valence-corrected chi connectivity index (χ4v) is 6.72. The Labute approximate surface area is 336 Å². The fraction of sp³-hybridized carbons (Fsp3) is 0.778. The van der Waals surface area contributed by atoms with Gasteiger partial charge in [-0.05, 0) is 51.4 Å². The Morgan fingerprint density at radius 1 is 0.582 bits per heavy atom. The number of aliphatic hydroxyl groups excluding tert-OH is 1. The summed E-state index contributed by atoms with van der Waals surface area (Å²) in [6, 6.07) is 0. The summed E-state index contributed by atoms with van der Waals surface area (Å²) >= 11 is 0. The molecular formula is C45H82NO8P. The van der Waals surface area contributed by atoms with Crippen LogP contribution in [0.5, 0.6) is 0 Å². The fourth-order valence-electron chi connectivity index (χ4n) is 5.96. The van der Waals surface area contributed by atoms with E-state index < -0.39 is 26.5 Å². The topological polar surface area (TPSA) is 131 Å².